The van der Waals surface area contributed by atoms with Gasteiger partial charge in [-0.15, -0.1) is 0 Å². The van der Waals surface area contributed by atoms with Crippen molar-refractivity contribution in [3.05, 3.63) is 65.7 Å². The van der Waals surface area contributed by atoms with Gasteiger partial charge < -0.3 is 14.9 Å². The van der Waals surface area contributed by atoms with Gasteiger partial charge in [-0.1, -0.05) is 36.4 Å². The number of carbonyl (C=O) groups is 1. The molecule has 2 aromatic rings. The number of hydrogen-bond donors (Lipinski definition) is 2. The van der Waals surface area contributed by atoms with Crippen molar-refractivity contribution in [2.45, 2.75) is 12.5 Å². The first-order valence-electron chi connectivity index (χ1n) is 6.34. The fraction of sp³-hybridized carbons (Fsp3) is 0.188. The summed E-state index contributed by atoms with van der Waals surface area (Å²) < 4.78 is 5.27. The molecule has 2 N–H and O–H groups in total. The lowest BCUT2D eigenvalue weighted by atomic mass is 10.0. The van der Waals surface area contributed by atoms with Crippen molar-refractivity contribution in [2.75, 3.05) is 6.61 Å². The van der Waals surface area contributed by atoms with Crippen LogP contribution in [0, 0.1) is 0 Å². The summed E-state index contributed by atoms with van der Waals surface area (Å²) in [6, 6.07) is 15.7. The van der Waals surface area contributed by atoms with Crippen LogP contribution in [-0.2, 0) is 6.42 Å². The summed E-state index contributed by atoms with van der Waals surface area (Å²) in [7, 11) is 0. The Labute approximate surface area is 117 Å². The average Bonchev–Trinajstić information content (AvgIpc) is 2.48. The molecule has 4 heteroatoms. The summed E-state index contributed by atoms with van der Waals surface area (Å²) in [6.45, 7) is -0.345. The molecule has 0 aliphatic carbocycles. The van der Waals surface area contributed by atoms with Crippen molar-refractivity contribution in [1.82, 2.24) is 0 Å². The maximum atomic E-state index is 12.1. The Hall–Kier alpha value is -2.17. The fourth-order valence-electron chi connectivity index (χ4n) is 1.87. The van der Waals surface area contributed by atoms with Crippen LogP contribution < -0.4 is 4.74 Å². The van der Waals surface area contributed by atoms with Crippen LogP contribution in [-0.4, -0.2) is 28.9 Å². The molecule has 0 amide bonds. The van der Waals surface area contributed by atoms with Gasteiger partial charge >= 0.3 is 5.97 Å². The molecule has 0 aliphatic rings. The zero-order valence-electron chi connectivity index (χ0n) is 10.9. The van der Waals surface area contributed by atoms with Crippen LogP contribution in [0.4, 0.5) is 0 Å². The van der Waals surface area contributed by atoms with Gasteiger partial charge in [-0.2, -0.15) is 0 Å². The molecule has 0 bridgehead atoms. The summed E-state index contributed by atoms with van der Waals surface area (Å²) in [6.07, 6.45) is -0.683. The molecule has 4 nitrogen and oxygen atoms in total. The third-order valence-electron chi connectivity index (χ3n) is 2.86. The Morgan fingerprint density at radius 1 is 1.05 bits per heavy atom. The number of carbonyl (C=O) groups excluding carboxylic acids is 1. The molecule has 0 aromatic heterocycles. The second-order valence-electron chi connectivity index (χ2n) is 4.40. The molecule has 0 saturated carbocycles. The summed E-state index contributed by atoms with van der Waals surface area (Å²) in [4.78, 5) is 12.1. The topological polar surface area (TPSA) is 66.8 Å². The summed E-state index contributed by atoms with van der Waals surface area (Å²) in [5.74, 6) is -0.00745. The molecule has 0 spiro atoms. The van der Waals surface area contributed by atoms with Crippen molar-refractivity contribution >= 4 is 5.97 Å². The second-order valence-corrected chi connectivity index (χ2v) is 4.40. The molecule has 2 aromatic carbocycles. The molecule has 0 heterocycles. The molecular weight excluding hydrogens is 256 g/mol. The van der Waals surface area contributed by atoms with Crippen molar-refractivity contribution < 1.29 is 19.7 Å². The highest BCUT2D eigenvalue weighted by Gasteiger charge is 2.15. The normalized spacial score (nSPS) is 11.9. The lowest BCUT2D eigenvalue weighted by Crippen LogP contribution is -2.18. The molecule has 2 rings (SSSR count). The van der Waals surface area contributed by atoms with Gasteiger partial charge in [-0.3, -0.25) is 0 Å². The Balaban J connectivity index is 2.17. The van der Waals surface area contributed by atoms with Gasteiger partial charge in [0.15, 0.2) is 0 Å². The maximum Gasteiger partial charge on any atom is 0.343 e. The van der Waals surface area contributed by atoms with E-state index in [-0.39, 0.29) is 13.0 Å². The number of ether oxygens (including phenoxy) is 1. The zero-order valence-corrected chi connectivity index (χ0v) is 10.9. The zero-order chi connectivity index (χ0) is 14.4. The van der Waals surface area contributed by atoms with E-state index in [1.165, 1.54) is 0 Å². The van der Waals surface area contributed by atoms with Crippen LogP contribution in [0.3, 0.4) is 0 Å². The summed E-state index contributed by atoms with van der Waals surface area (Å²) in [5.41, 5.74) is 1.04. The van der Waals surface area contributed by atoms with E-state index in [1.54, 1.807) is 48.5 Å². The highest BCUT2D eigenvalue weighted by molar-refractivity contribution is 5.92. The van der Waals surface area contributed by atoms with Gasteiger partial charge in [0.05, 0.1) is 18.3 Å². The van der Waals surface area contributed by atoms with Crippen LogP contribution in [0.15, 0.2) is 54.6 Å². The average molecular weight is 272 g/mol. The van der Waals surface area contributed by atoms with Crippen molar-refractivity contribution in [3.8, 4) is 5.75 Å². The number of aliphatic hydroxyl groups excluding tert-OH is 2. The van der Waals surface area contributed by atoms with E-state index in [2.05, 4.69) is 0 Å². The Morgan fingerprint density at radius 3 is 2.40 bits per heavy atom. The van der Waals surface area contributed by atoms with Crippen LogP contribution in [0.25, 0.3) is 0 Å². The Bertz CT molecular complexity index is 566. The van der Waals surface area contributed by atoms with Gasteiger partial charge in [0.2, 0.25) is 0 Å². The van der Waals surface area contributed by atoms with Crippen molar-refractivity contribution in [3.63, 3.8) is 0 Å². The molecule has 0 saturated heterocycles. The monoisotopic (exact) mass is 272 g/mol. The first-order chi connectivity index (χ1) is 9.70. The number of benzene rings is 2. The minimum atomic E-state index is -0.888. The first kappa shape index (κ1) is 14.2. The van der Waals surface area contributed by atoms with Crippen LogP contribution >= 0.6 is 0 Å². The molecule has 1 atom stereocenters. The minimum absolute atomic E-state index is 0.205. The fourth-order valence-corrected chi connectivity index (χ4v) is 1.87. The minimum Gasteiger partial charge on any atom is -0.423 e. The van der Waals surface area contributed by atoms with Gasteiger partial charge in [-0.05, 0) is 23.8 Å². The van der Waals surface area contributed by atoms with Gasteiger partial charge in [0, 0.05) is 6.42 Å². The van der Waals surface area contributed by atoms with Crippen LogP contribution in [0.5, 0.6) is 5.75 Å². The highest BCUT2D eigenvalue weighted by atomic mass is 16.5. The van der Waals surface area contributed by atoms with Gasteiger partial charge in [0.25, 0.3) is 0 Å². The van der Waals surface area contributed by atoms with E-state index < -0.39 is 12.1 Å². The predicted octanol–water partition coefficient (Wildman–Crippen LogP) is 1.80. The quantitative estimate of drug-likeness (QED) is 0.643. The van der Waals surface area contributed by atoms with E-state index in [9.17, 15) is 9.90 Å². The second kappa shape index (κ2) is 6.84. The largest absolute Gasteiger partial charge is 0.423 e. The first-order valence-corrected chi connectivity index (χ1v) is 6.34. The molecule has 0 radical (unpaired) electrons. The van der Waals surface area contributed by atoms with E-state index in [1.807, 2.05) is 6.07 Å². The number of rotatable bonds is 5. The molecule has 20 heavy (non-hydrogen) atoms. The lowest BCUT2D eigenvalue weighted by Gasteiger charge is -2.11. The van der Waals surface area contributed by atoms with Gasteiger partial charge in [0.1, 0.15) is 5.75 Å². The Kier molecular flexibility index (Phi) is 4.87. The van der Waals surface area contributed by atoms with E-state index in [4.69, 9.17) is 9.84 Å². The third-order valence-corrected chi connectivity index (χ3v) is 2.86. The SMILES string of the molecule is O=C(Oc1ccccc1)c1ccccc1CC(O)CO. The van der Waals surface area contributed by atoms with Crippen LogP contribution in [0.2, 0.25) is 0 Å². The predicted molar refractivity (Wildman–Crippen MR) is 74.6 cm³/mol. The van der Waals surface area contributed by atoms with Crippen LogP contribution in [0.1, 0.15) is 15.9 Å². The molecule has 0 fully saturated rings. The number of aliphatic hydroxyl groups is 2. The van der Waals surface area contributed by atoms with Crippen molar-refractivity contribution in [1.29, 1.82) is 0 Å². The van der Waals surface area contributed by atoms with Gasteiger partial charge in [-0.25, -0.2) is 4.79 Å². The highest BCUT2D eigenvalue weighted by Crippen LogP contribution is 2.16. The van der Waals surface area contributed by atoms with E-state index in [0.717, 1.165) is 0 Å². The number of esters is 1. The Morgan fingerprint density at radius 2 is 1.70 bits per heavy atom. The van der Waals surface area contributed by atoms with E-state index >= 15 is 0 Å². The number of para-hydroxylation sites is 1. The summed E-state index contributed by atoms with van der Waals surface area (Å²) in [5, 5.41) is 18.4. The van der Waals surface area contributed by atoms with Crippen molar-refractivity contribution in [2.24, 2.45) is 0 Å². The third kappa shape index (κ3) is 3.66. The summed E-state index contributed by atoms with van der Waals surface area (Å²) >= 11 is 0. The molecule has 104 valence electrons. The standard InChI is InChI=1S/C16H16O4/c17-11-13(18)10-12-6-4-5-9-15(12)16(19)20-14-7-2-1-3-8-14/h1-9,13,17-18H,10-11H2. The number of hydrogen-bond acceptors (Lipinski definition) is 4. The lowest BCUT2D eigenvalue weighted by molar-refractivity contribution is 0.0728. The molecular formula is C16H16O4. The van der Waals surface area contributed by atoms with E-state index in [0.29, 0.717) is 16.9 Å². The maximum absolute atomic E-state index is 12.1. The molecule has 0 aliphatic heterocycles. The molecule has 1 unspecified atom stereocenters. The smallest absolute Gasteiger partial charge is 0.343 e.